The fourth-order valence-corrected chi connectivity index (χ4v) is 2.92. The lowest BCUT2D eigenvalue weighted by Gasteiger charge is -2.16. The molecule has 0 aromatic heterocycles. The van der Waals surface area contributed by atoms with Crippen LogP contribution in [0.2, 0.25) is 0 Å². The van der Waals surface area contributed by atoms with Crippen LogP contribution in [0, 0.1) is 11.8 Å². The van der Waals surface area contributed by atoms with Crippen molar-refractivity contribution < 1.29 is 19.1 Å². The highest BCUT2D eigenvalue weighted by atomic mass is 16.5. The Hall–Kier alpha value is -2.37. The predicted molar refractivity (Wildman–Crippen MR) is 88.4 cm³/mol. The molecule has 1 N–H and O–H groups in total. The van der Waals surface area contributed by atoms with Gasteiger partial charge in [-0.25, -0.2) is 4.79 Å². The van der Waals surface area contributed by atoms with Crippen LogP contribution in [-0.2, 0) is 14.3 Å². The Balaban J connectivity index is 1.59. The third-order valence-electron chi connectivity index (χ3n) is 4.40. The first-order valence-corrected chi connectivity index (χ1v) is 8.42. The number of rotatable bonds is 6. The van der Waals surface area contributed by atoms with Gasteiger partial charge in [-0.2, -0.15) is 0 Å². The zero-order valence-corrected chi connectivity index (χ0v) is 13.8. The van der Waals surface area contributed by atoms with E-state index in [1.165, 1.54) is 12.8 Å². The van der Waals surface area contributed by atoms with Crippen LogP contribution >= 0.6 is 0 Å². The van der Waals surface area contributed by atoms with Gasteiger partial charge in [0.25, 0.3) is 0 Å². The van der Waals surface area contributed by atoms with Gasteiger partial charge in [0, 0.05) is 25.2 Å². The number of amides is 2. The van der Waals surface area contributed by atoms with Crippen molar-refractivity contribution >= 4 is 23.5 Å². The average Bonchev–Trinajstić information content (AvgIpc) is 3.30. The molecule has 3 rings (SSSR count). The molecule has 2 aliphatic rings. The second-order valence-electron chi connectivity index (χ2n) is 6.43. The molecule has 1 aliphatic heterocycles. The van der Waals surface area contributed by atoms with Crippen LogP contribution in [0.5, 0.6) is 0 Å². The molecule has 1 aliphatic carbocycles. The number of nitrogens with zero attached hydrogens (tertiary/aromatic N) is 1. The molecular weight excluding hydrogens is 308 g/mol. The van der Waals surface area contributed by atoms with Crippen molar-refractivity contribution in [3.8, 4) is 0 Å². The van der Waals surface area contributed by atoms with Crippen molar-refractivity contribution in [2.45, 2.75) is 26.2 Å². The number of hydrogen-bond donors (Lipinski definition) is 1. The maximum atomic E-state index is 12.4. The molecule has 24 heavy (non-hydrogen) atoms. The highest BCUT2D eigenvalue weighted by Gasteiger charge is 2.37. The van der Waals surface area contributed by atoms with Crippen molar-refractivity contribution in [2.75, 3.05) is 25.0 Å². The zero-order chi connectivity index (χ0) is 17.1. The van der Waals surface area contributed by atoms with Gasteiger partial charge in [-0.1, -0.05) is 6.07 Å². The Morgan fingerprint density at radius 2 is 2.12 bits per heavy atom. The molecular formula is C18H22N2O4. The summed E-state index contributed by atoms with van der Waals surface area (Å²) in [5.74, 6) is -0.246. The summed E-state index contributed by atoms with van der Waals surface area (Å²) in [6, 6.07) is 6.65. The summed E-state index contributed by atoms with van der Waals surface area (Å²) < 4.78 is 4.96. The van der Waals surface area contributed by atoms with Crippen molar-refractivity contribution in [3.63, 3.8) is 0 Å². The lowest BCUT2D eigenvalue weighted by Crippen LogP contribution is -2.29. The number of carbonyl (C=O) groups excluding carboxylic acids is 3. The highest BCUT2D eigenvalue weighted by Crippen LogP contribution is 2.32. The van der Waals surface area contributed by atoms with Crippen molar-refractivity contribution in [1.29, 1.82) is 0 Å². The molecule has 1 aromatic rings. The summed E-state index contributed by atoms with van der Waals surface area (Å²) >= 11 is 0. The van der Waals surface area contributed by atoms with E-state index in [1.54, 1.807) is 36.1 Å². The first-order valence-electron chi connectivity index (χ1n) is 8.42. The molecule has 2 fully saturated rings. The van der Waals surface area contributed by atoms with Gasteiger partial charge in [0.1, 0.15) is 0 Å². The minimum Gasteiger partial charge on any atom is -0.462 e. The van der Waals surface area contributed by atoms with Gasteiger partial charge in [-0.05, 0) is 43.9 Å². The van der Waals surface area contributed by atoms with E-state index in [-0.39, 0.29) is 24.2 Å². The first kappa shape index (κ1) is 16.5. The molecule has 0 bridgehead atoms. The van der Waals surface area contributed by atoms with E-state index in [1.807, 2.05) is 0 Å². The summed E-state index contributed by atoms with van der Waals surface area (Å²) in [5, 5.41) is 2.81. The fourth-order valence-electron chi connectivity index (χ4n) is 2.92. The van der Waals surface area contributed by atoms with Gasteiger partial charge in [0.2, 0.25) is 11.8 Å². The molecule has 1 aromatic carbocycles. The van der Waals surface area contributed by atoms with Gasteiger partial charge < -0.3 is 15.0 Å². The van der Waals surface area contributed by atoms with Crippen LogP contribution in [0.25, 0.3) is 0 Å². The van der Waals surface area contributed by atoms with Crippen molar-refractivity contribution in [3.05, 3.63) is 29.8 Å². The summed E-state index contributed by atoms with van der Waals surface area (Å²) in [7, 11) is 0. The van der Waals surface area contributed by atoms with Gasteiger partial charge in [-0.3, -0.25) is 9.59 Å². The number of likely N-dealkylation sites (tertiary alicyclic amines) is 1. The SMILES string of the molecule is CCOC(=O)c1cccc(NC(=O)C2CC(=O)N(CC3CC3)C2)c1. The second-order valence-corrected chi connectivity index (χ2v) is 6.43. The van der Waals surface area contributed by atoms with Crippen LogP contribution in [-0.4, -0.2) is 42.4 Å². The largest absolute Gasteiger partial charge is 0.462 e. The number of benzene rings is 1. The Bertz CT molecular complexity index is 654. The maximum Gasteiger partial charge on any atom is 0.338 e. The van der Waals surface area contributed by atoms with Crippen LogP contribution in [0.15, 0.2) is 24.3 Å². The minimum absolute atomic E-state index is 0.0577. The monoisotopic (exact) mass is 330 g/mol. The molecule has 0 spiro atoms. The fraction of sp³-hybridized carbons (Fsp3) is 0.500. The van der Waals surface area contributed by atoms with Gasteiger partial charge >= 0.3 is 5.97 Å². The van der Waals surface area contributed by atoms with E-state index in [0.29, 0.717) is 30.3 Å². The van der Waals surface area contributed by atoms with Crippen molar-refractivity contribution in [2.24, 2.45) is 11.8 Å². The Labute approximate surface area is 141 Å². The number of hydrogen-bond acceptors (Lipinski definition) is 4. The molecule has 1 saturated carbocycles. The molecule has 6 heteroatoms. The van der Waals surface area contributed by atoms with E-state index in [2.05, 4.69) is 5.32 Å². The number of carbonyl (C=O) groups is 3. The van der Waals surface area contributed by atoms with E-state index < -0.39 is 5.97 Å². The van der Waals surface area contributed by atoms with E-state index in [0.717, 1.165) is 6.54 Å². The van der Waals surface area contributed by atoms with E-state index in [9.17, 15) is 14.4 Å². The number of anilines is 1. The molecule has 6 nitrogen and oxygen atoms in total. The Morgan fingerprint density at radius 1 is 1.33 bits per heavy atom. The molecule has 128 valence electrons. The summed E-state index contributed by atoms with van der Waals surface area (Å²) in [6.07, 6.45) is 2.62. The normalized spacial score (nSPS) is 20.1. The summed E-state index contributed by atoms with van der Waals surface area (Å²) in [4.78, 5) is 38.0. The Kier molecular flexibility index (Phi) is 4.83. The van der Waals surface area contributed by atoms with E-state index >= 15 is 0 Å². The van der Waals surface area contributed by atoms with Crippen LogP contribution in [0.1, 0.15) is 36.5 Å². The summed E-state index contributed by atoms with van der Waals surface area (Å²) in [5.41, 5.74) is 0.936. The van der Waals surface area contributed by atoms with Crippen LogP contribution < -0.4 is 5.32 Å². The lowest BCUT2D eigenvalue weighted by molar-refractivity contribution is -0.128. The minimum atomic E-state index is -0.416. The van der Waals surface area contributed by atoms with Crippen LogP contribution in [0.4, 0.5) is 5.69 Å². The van der Waals surface area contributed by atoms with Gasteiger partial charge in [0.05, 0.1) is 18.1 Å². The number of esters is 1. The standard InChI is InChI=1S/C18H22N2O4/c1-2-24-18(23)13-4-3-5-15(8-13)19-17(22)14-9-16(21)20(11-14)10-12-6-7-12/h3-5,8,12,14H,2,6-7,9-11H2,1H3,(H,19,22). The molecule has 1 saturated heterocycles. The summed E-state index contributed by atoms with van der Waals surface area (Å²) in [6.45, 7) is 3.31. The lowest BCUT2D eigenvalue weighted by atomic mass is 10.1. The number of ether oxygens (including phenoxy) is 1. The molecule has 1 heterocycles. The first-order chi connectivity index (χ1) is 11.6. The van der Waals surface area contributed by atoms with E-state index in [4.69, 9.17) is 4.74 Å². The molecule has 1 unspecified atom stereocenters. The molecule has 0 radical (unpaired) electrons. The van der Waals surface area contributed by atoms with Crippen LogP contribution in [0.3, 0.4) is 0 Å². The number of nitrogens with one attached hydrogen (secondary N) is 1. The molecule has 1 atom stereocenters. The average molecular weight is 330 g/mol. The third kappa shape index (κ3) is 3.93. The predicted octanol–water partition coefficient (Wildman–Crippen LogP) is 2.06. The topological polar surface area (TPSA) is 75.7 Å². The third-order valence-corrected chi connectivity index (χ3v) is 4.40. The smallest absolute Gasteiger partial charge is 0.338 e. The zero-order valence-electron chi connectivity index (χ0n) is 13.8. The Morgan fingerprint density at radius 3 is 2.83 bits per heavy atom. The second kappa shape index (κ2) is 7.03. The maximum absolute atomic E-state index is 12.4. The van der Waals surface area contributed by atoms with Gasteiger partial charge in [-0.15, -0.1) is 0 Å². The van der Waals surface area contributed by atoms with Crippen molar-refractivity contribution in [1.82, 2.24) is 4.90 Å². The quantitative estimate of drug-likeness (QED) is 0.810. The molecule has 2 amide bonds. The van der Waals surface area contributed by atoms with Gasteiger partial charge in [0.15, 0.2) is 0 Å². The highest BCUT2D eigenvalue weighted by molar-refractivity contribution is 5.98.